The number of hydrogen-bond donors (Lipinski definition) is 1. The van der Waals surface area contributed by atoms with Crippen LogP contribution in [0.3, 0.4) is 0 Å². The quantitative estimate of drug-likeness (QED) is 0.415. The highest BCUT2D eigenvalue weighted by Crippen LogP contribution is 2.21. The molecule has 1 amide bonds. The van der Waals surface area contributed by atoms with E-state index in [0.29, 0.717) is 18.7 Å². The fourth-order valence-electron chi connectivity index (χ4n) is 3.51. The third-order valence-electron chi connectivity index (χ3n) is 5.02. The van der Waals surface area contributed by atoms with Crippen molar-refractivity contribution in [1.82, 2.24) is 9.80 Å². The normalized spacial score (nSPS) is 18.6. The average Bonchev–Trinajstić information content (AvgIpc) is 2.76. The number of ether oxygens (including phenoxy) is 1. The molecule has 1 aromatic carbocycles. The molecular formula is C20H33I2N3O2. The predicted octanol–water partition coefficient (Wildman–Crippen LogP) is 4.31. The van der Waals surface area contributed by atoms with Crippen molar-refractivity contribution in [1.29, 1.82) is 0 Å². The summed E-state index contributed by atoms with van der Waals surface area (Å²) in [7, 11) is 0. The highest BCUT2D eigenvalue weighted by atomic mass is 127. The molecule has 2 aliphatic rings. The van der Waals surface area contributed by atoms with E-state index in [1.54, 1.807) is 0 Å². The number of halogens is 2. The largest absolute Gasteiger partial charge is 0.445 e. The van der Waals surface area contributed by atoms with E-state index < -0.39 is 0 Å². The summed E-state index contributed by atoms with van der Waals surface area (Å²) in [5.41, 5.74) is 7.00. The maximum Gasteiger partial charge on any atom is 0.410 e. The Bertz CT molecular complexity index is 503. The van der Waals surface area contributed by atoms with Crippen LogP contribution in [0.15, 0.2) is 30.3 Å². The third-order valence-corrected chi connectivity index (χ3v) is 5.02. The smallest absolute Gasteiger partial charge is 0.410 e. The summed E-state index contributed by atoms with van der Waals surface area (Å²) < 4.78 is 5.42. The summed E-state index contributed by atoms with van der Waals surface area (Å²) in [6, 6.07) is 10.8. The van der Waals surface area contributed by atoms with Gasteiger partial charge in [-0.2, -0.15) is 0 Å². The van der Waals surface area contributed by atoms with Gasteiger partial charge in [0.15, 0.2) is 0 Å². The predicted molar refractivity (Wildman–Crippen MR) is 130 cm³/mol. The number of amides is 1. The van der Waals surface area contributed by atoms with Crippen molar-refractivity contribution >= 4 is 51.3 Å². The van der Waals surface area contributed by atoms with E-state index in [-0.39, 0.29) is 6.09 Å². The second-order valence-corrected chi connectivity index (χ2v) is 6.63. The monoisotopic (exact) mass is 601 g/mol. The molecule has 1 aromatic rings. The van der Waals surface area contributed by atoms with Gasteiger partial charge in [0.2, 0.25) is 0 Å². The number of nitrogens with two attached hydrogens (primary N) is 1. The Hall–Kier alpha value is -0.130. The number of hydrogen-bond acceptors (Lipinski definition) is 4. The Balaban J connectivity index is 0.000000855. The van der Waals surface area contributed by atoms with E-state index in [2.05, 4.69) is 50.1 Å². The number of piperidine rings is 2. The van der Waals surface area contributed by atoms with E-state index in [1.165, 1.54) is 0 Å². The average molecular weight is 601 g/mol. The molecule has 0 aliphatic carbocycles. The standard InChI is InChI=1S/C18H27N3O2.2CH3I/c19-16-6-10-20(11-7-16)17-8-12-21(13-9-17)18(22)23-14-15-4-2-1-3-5-15;2*1-2/h1-5,16-17H,6-14,19H2;2*1H3. The Morgan fingerprint density at radius 3 is 2.11 bits per heavy atom. The van der Waals surface area contributed by atoms with Crippen LogP contribution in [0.4, 0.5) is 4.79 Å². The van der Waals surface area contributed by atoms with E-state index >= 15 is 0 Å². The van der Waals surface area contributed by atoms with Crippen LogP contribution in [0, 0.1) is 0 Å². The van der Waals surface area contributed by atoms with Crippen LogP contribution in [0.5, 0.6) is 0 Å². The van der Waals surface area contributed by atoms with Gasteiger partial charge in [-0.05, 0) is 54.2 Å². The Labute approximate surface area is 191 Å². The van der Waals surface area contributed by atoms with Gasteiger partial charge in [0.1, 0.15) is 6.61 Å². The lowest BCUT2D eigenvalue weighted by atomic mass is 9.98. The molecule has 3 rings (SSSR count). The maximum atomic E-state index is 12.2. The van der Waals surface area contributed by atoms with Crippen molar-refractivity contribution in [2.45, 2.75) is 44.4 Å². The maximum absolute atomic E-state index is 12.2. The van der Waals surface area contributed by atoms with Crippen LogP contribution in [0.25, 0.3) is 0 Å². The molecule has 5 nitrogen and oxygen atoms in total. The second kappa shape index (κ2) is 14.8. The minimum atomic E-state index is -0.187. The number of likely N-dealkylation sites (tertiary alicyclic amines) is 2. The highest BCUT2D eigenvalue weighted by molar-refractivity contribution is 14.1. The van der Waals surface area contributed by atoms with Gasteiger partial charge >= 0.3 is 6.09 Å². The topological polar surface area (TPSA) is 58.8 Å². The van der Waals surface area contributed by atoms with Gasteiger partial charge in [-0.25, -0.2) is 4.79 Å². The van der Waals surface area contributed by atoms with Crippen molar-refractivity contribution in [2.75, 3.05) is 36.0 Å². The first-order valence-corrected chi connectivity index (χ1v) is 13.7. The number of carbonyl (C=O) groups excluding carboxylic acids is 1. The molecule has 0 radical (unpaired) electrons. The molecule has 2 saturated heterocycles. The molecule has 154 valence electrons. The van der Waals surface area contributed by atoms with Crippen LogP contribution in [0.1, 0.15) is 31.2 Å². The van der Waals surface area contributed by atoms with Gasteiger partial charge in [-0.1, -0.05) is 75.5 Å². The van der Waals surface area contributed by atoms with Crippen molar-refractivity contribution in [3.63, 3.8) is 0 Å². The molecule has 2 N–H and O–H groups in total. The minimum absolute atomic E-state index is 0.187. The van der Waals surface area contributed by atoms with Crippen LogP contribution < -0.4 is 5.73 Å². The Morgan fingerprint density at radius 1 is 1.00 bits per heavy atom. The number of nitrogens with zero attached hydrogens (tertiary/aromatic N) is 2. The zero-order valence-electron chi connectivity index (χ0n) is 16.4. The van der Waals surface area contributed by atoms with Crippen LogP contribution in [-0.2, 0) is 11.3 Å². The number of carbonyl (C=O) groups is 1. The van der Waals surface area contributed by atoms with E-state index in [4.69, 9.17) is 10.5 Å². The molecule has 0 unspecified atom stereocenters. The molecule has 27 heavy (non-hydrogen) atoms. The Kier molecular flexibility index (Phi) is 13.7. The fraction of sp³-hybridized carbons (Fsp3) is 0.650. The number of rotatable bonds is 3. The lowest BCUT2D eigenvalue weighted by molar-refractivity contribution is 0.0611. The van der Waals surface area contributed by atoms with Gasteiger partial charge in [-0.15, -0.1) is 0 Å². The second-order valence-electron chi connectivity index (χ2n) is 6.63. The summed E-state index contributed by atoms with van der Waals surface area (Å²) in [5, 5.41) is 0. The van der Waals surface area contributed by atoms with Crippen LogP contribution in [0.2, 0.25) is 0 Å². The first-order chi connectivity index (χ1) is 13.2. The van der Waals surface area contributed by atoms with Gasteiger partial charge in [0, 0.05) is 25.2 Å². The molecule has 0 spiro atoms. The first kappa shape index (κ1) is 24.9. The molecule has 0 bridgehead atoms. The fourth-order valence-corrected chi connectivity index (χ4v) is 3.51. The number of alkyl halides is 2. The highest BCUT2D eigenvalue weighted by Gasteiger charge is 2.29. The lowest BCUT2D eigenvalue weighted by Crippen LogP contribution is -2.50. The lowest BCUT2D eigenvalue weighted by Gasteiger charge is -2.40. The van der Waals surface area contributed by atoms with Crippen LogP contribution >= 0.6 is 45.2 Å². The SMILES string of the molecule is CI.CI.NC1CCN(C2CCN(C(=O)OCc3ccccc3)CC2)CC1. The first-order valence-electron chi connectivity index (χ1n) is 9.43. The third kappa shape index (κ3) is 8.82. The van der Waals surface area contributed by atoms with E-state index in [1.807, 2.05) is 45.1 Å². The van der Waals surface area contributed by atoms with Crippen LogP contribution in [-0.4, -0.2) is 64.0 Å². The molecular weight excluding hydrogens is 568 g/mol. The van der Waals surface area contributed by atoms with Gasteiger partial charge in [-0.3, -0.25) is 0 Å². The number of benzene rings is 1. The summed E-state index contributed by atoms with van der Waals surface area (Å²) in [6.07, 6.45) is 4.08. The molecule has 2 fully saturated rings. The van der Waals surface area contributed by atoms with Gasteiger partial charge in [0.25, 0.3) is 0 Å². The zero-order valence-corrected chi connectivity index (χ0v) is 20.8. The molecule has 0 aromatic heterocycles. The minimum Gasteiger partial charge on any atom is -0.445 e. The molecule has 2 aliphatic heterocycles. The van der Waals surface area contributed by atoms with Gasteiger partial charge in [0.05, 0.1) is 0 Å². The molecule has 0 saturated carbocycles. The molecule has 0 atom stereocenters. The van der Waals surface area contributed by atoms with Crippen molar-refractivity contribution in [3.05, 3.63) is 35.9 Å². The summed E-state index contributed by atoms with van der Waals surface area (Å²) in [5.74, 6) is 0. The zero-order chi connectivity index (χ0) is 20.1. The van der Waals surface area contributed by atoms with Crippen molar-refractivity contribution in [3.8, 4) is 0 Å². The summed E-state index contributed by atoms with van der Waals surface area (Å²) >= 11 is 4.30. The van der Waals surface area contributed by atoms with Crippen molar-refractivity contribution < 1.29 is 9.53 Å². The molecule has 7 heteroatoms. The van der Waals surface area contributed by atoms with Gasteiger partial charge < -0.3 is 20.3 Å². The van der Waals surface area contributed by atoms with E-state index in [9.17, 15) is 4.79 Å². The Morgan fingerprint density at radius 2 is 1.56 bits per heavy atom. The summed E-state index contributed by atoms with van der Waals surface area (Å²) in [4.78, 5) is 20.5. The van der Waals surface area contributed by atoms with Crippen molar-refractivity contribution in [2.24, 2.45) is 5.73 Å². The van der Waals surface area contributed by atoms with E-state index in [0.717, 1.165) is 57.4 Å². The summed E-state index contributed by atoms with van der Waals surface area (Å²) in [6.45, 7) is 4.14. The molecule has 2 heterocycles.